The van der Waals surface area contributed by atoms with Crippen LogP contribution in [0.3, 0.4) is 0 Å². The number of nitrogens with zero attached hydrogens (tertiary/aromatic N) is 1. The summed E-state index contributed by atoms with van der Waals surface area (Å²) in [6, 6.07) is 10.6. The SMILES string of the molecule is CN1CCC(C(=O)c2cccc(NC(=S)Nc3ccc(F)c(F)c3)c2)CC1.O=P(O)(O)O. The van der Waals surface area contributed by atoms with E-state index >= 15 is 0 Å². The van der Waals surface area contributed by atoms with Crippen molar-refractivity contribution in [1.29, 1.82) is 0 Å². The second-order valence-electron chi connectivity index (χ2n) is 7.24. The second kappa shape index (κ2) is 11.6. The van der Waals surface area contributed by atoms with Crippen LogP contribution >= 0.6 is 20.0 Å². The Labute approximate surface area is 189 Å². The summed E-state index contributed by atoms with van der Waals surface area (Å²) in [6.07, 6.45) is 1.73. The van der Waals surface area contributed by atoms with Gasteiger partial charge in [-0.1, -0.05) is 12.1 Å². The molecule has 0 unspecified atom stereocenters. The number of anilines is 2. The third-order valence-corrected chi connectivity index (χ3v) is 4.88. The van der Waals surface area contributed by atoms with E-state index in [1.54, 1.807) is 24.3 Å². The first-order chi connectivity index (χ1) is 14.9. The Kier molecular flexibility index (Phi) is 9.38. The fourth-order valence-electron chi connectivity index (χ4n) is 3.12. The van der Waals surface area contributed by atoms with Crippen LogP contribution in [0.2, 0.25) is 0 Å². The van der Waals surface area contributed by atoms with Crippen molar-refractivity contribution >= 4 is 42.3 Å². The number of likely N-dealkylation sites (tertiary alicyclic amines) is 1. The molecule has 0 radical (unpaired) electrons. The standard InChI is InChI=1S/C20H21F2N3OS.H3O4P/c1-25-9-7-13(8-10-25)19(26)14-3-2-4-15(11-14)23-20(27)24-16-5-6-17(21)18(22)12-16;1-5(2,3)4/h2-6,11-13H,7-10H2,1H3,(H2,23,24,27);(H3,1,2,3,4). The second-order valence-corrected chi connectivity index (χ2v) is 8.68. The quantitative estimate of drug-likeness (QED) is 0.251. The molecule has 3 rings (SSSR count). The minimum Gasteiger partial charge on any atom is -0.332 e. The van der Waals surface area contributed by atoms with Crippen molar-refractivity contribution in [2.45, 2.75) is 12.8 Å². The largest absolute Gasteiger partial charge is 0.466 e. The first kappa shape index (κ1) is 26.0. The number of Topliss-reactive ketones (excluding diaryl/α,β-unsaturated/α-hetero) is 1. The summed E-state index contributed by atoms with van der Waals surface area (Å²) in [6.45, 7) is 1.85. The van der Waals surface area contributed by atoms with Crippen molar-refractivity contribution in [3.05, 3.63) is 59.7 Å². The average molecular weight is 487 g/mol. The summed E-state index contributed by atoms with van der Waals surface area (Å²) in [5.74, 6) is -1.68. The first-order valence-corrected chi connectivity index (χ1v) is 11.5. The van der Waals surface area contributed by atoms with Gasteiger partial charge < -0.3 is 30.2 Å². The highest BCUT2D eigenvalue weighted by molar-refractivity contribution is 7.80. The molecule has 1 heterocycles. The minimum atomic E-state index is -4.64. The van der Waals surface area contributed by atoms with Crippen molar-refractivity contribution in [3.63, 3.8) is 0 Å². The maximum absolute atomic E-state index is 13.3. The number of rotatable bonds is 4. The van der Waals surface area contributed by atoms with Gasteiger partial charge in [-0.25, -0.2) is 13.3 Å². The van der Waals surface area contributed by atoms with Gasteiger partial charge in [-0.15, -0.1) is 0 Å². The molecular formula is C20H24F2N3O5PS. The highest BCUT2D eigenvalue weighted by atomic mass is 32.1. The molecule has 5 N–H and O–H groups in total. The van der Waals surface area contributed by atoms with Gasteiger partial charge in [0.1, 0.15) is 0 Å². The molecule has 1 aliphatic heterocycles. The maximum Gasteiger partial charge on any atom is 0.466 e. The van der Waals surface area contributed by atoms with Gasteiger partial charge in [0.2, 0.25) is 0 Å². The minimum absolute atomic E-state index is 0.0451. The fraction of sp³-hybridized carbons (Fsp3) is 0.300. The molecule has 1 aliphatic rings. The van der Waals surface area contributed by atoms with Crippen LogP contribution in [0, 0.1) is 17.6 Å². The summed E-state index contributed by atoms with van der Waals surface area (Å²) in [7, 11) is -2.58. The topological polar surface area (TPSA) is 122 Å². The Morgan fingerprint density at radius 3 is 2.16 bits per heavy atom. The molecule has 174 valence electrons. The summed E-state index contributed by atoms with van der Waals surface area (Å²) in [4.78, 5) is 36.5. The summed E-state index contributed by atoms with van der Waals surface area (Å²) in [5.41, 5.74) is 1.64. The third kappa shape index (κ3) is 9.07. The van der Waals surface area contributed by atoms with Crippen LogP contribution in [0.15, 0.2) is 42.5 Å². The van der Waals surface area contributed by atoms with E-state index in [1.165, 1.54) is 6.07 Å². The number of benzene rings is 2. The zero-order valence-corrected chi connectivity index (χ0v) is 18.9. The van der Waals surface area contributed by atoms with E-state index < -0.39 is 19.5 Å². The van der Waals surface area contributed by atoms with E-state index in [1.807, 2.05) is 0 Å². The van der Waals surface area contributed by atoms with Gasteiger partial charge in [0.15, 0.2) is 22.5 Å². The molecule has 0 amide bonds. The Hall–Kier alpha value is -2.27. The zero-order valence-electron chi connectivity index (χ0n) is 17.2. The van der Waals surface area contributed by atoms with Crippen LogP contribution in [-0.2, 0) is 4.57 Å². The molecule has 32 heavy (non-hydrogen) atoms. The molecule has 2 aromatic carbocycles. The van der Waals surface area contributed by atoms with Crippen LogP contribution < -0.4 is 10.6 Å². The summed E-state index contributed by atoms with van der Waals surface area (Å²) >= 11 is 5.21. The van der Waals surface area contributed by atoms with Crippen molar-refractivity contribution in [2.24, 2.45) is 5.92 Å². The van der Waals surface area contributed by atoms with Gasteiger partial charge >= 0.3 is 7.82 Å². The predicted octanol–water partition coefficient (Wildman–Crippen LogP) is 3.37. The lowest BCUT2D eigenvalue weighted by molar-refractivity contribution is 0.0856. The number of ketones is 1. The van der Waals surface area contributed by atoms with Crippen LogP contribution in [-0.4, -0.2) is 50.6 Å². The lowest BCUT2D eigenvalue weighted by Gasteiger charge is -2.28. The number of halogens is 2. The Morgan fingerprint density at radius 2 is 1.59 bits per heavy atom. The van der Waals surface area contributed by atoms with Gasteiger partial charge in [0.05, 0.1) is 0 Å². The highest BCUT2D eigenvalue weighted by Crippen LogP contribution is 2.26. The Balaban J connectivity index is 0.000000654. The molecule has 0 atom stereocenters. The van der Waals surface area contributed by atoms with E-state index in [2.05, 4.69) is 22.6 Å². The van der Waals surface area contributed by atoms with Gasteiger partial charge in [-0.3, -0.25) is 4.79 Å². The summed E-state index contributed by atoms with van der Waals surface area (Å²) < 4.78 is 35.2. The van der Waals surface area contributed by atoms with Crippen molar-refractivity contribution in [1.82, 2.24) is 4.90 Å². The van der Waals surface area contributed by atoms with Crippen molar-refractivity contribution in [2.75, 3.05) is 30.8 Å². The molecule has 1 fully saturated rings. The lowest BCUT2D eigenvalue weighted by Crippen LogP contribution is -2.33. The number of hydrogen-bond acceptors (Lipinski definition) is 4. The van der Waals surface area contributed by atoms with Crippen LogP contribution in [0.4, 0.5) is 20.2 Å². The normalized spacial score (nSPS) is 14.8. The van der Waals surface area contributed by atoms with Crippen molar-refractivity contribution < 1.29 is 32.8 Å². The monoisotopic (exact) mass is 487 g/mol. The maximum atomic E-state index is 13.3. The van der Waals surface area contributed by atoms with E-state index in [0.717, 1.165) is 38.1 Å². The van der Waals surface area contributed by atoms with Crippen LogP contribution in [0.25, 0.3) is 0 Å². The predicted molar refractivity (Wildman–Crippen MR) is 121 cm³/mol. The number of piperidine rings is 1. The van der Waals surface area contributed by atoms with Gasteiger partial charge in [0.25, 0.3) is 0 Å². The molecule has 0 bridgehead atoms. The average Bonchev–Trinajstić information content (AvgIpc) is 2.70. The van der Waals surface area contributed by atoms with E-state index in [-0.39, 0.29) is 16.8 Å². The molecule has 12 heteroatoms. The summed E-state index contributed by atoms with van der Waals surface area (Å²) in [5, 5.41) is 6.00. The number of carbonyl (C=O) groups is 1. The highest BCUT2D eigenvalue weighted by Gasteiger charge is 2.24. The third-order valence-electron chi connectivity index (χ3n) is 4.67. The number of phosphoric acid groups is 1. The molecule has 0 aliphatic carbocycles. The smallest absolute Gasteiger partial charge is 0.332 e. The zero-order chi connectivity index (χ0) is 23.9. The molecule has 1 saturated heterocycles. The number of hydrogen-bond donors (Lipinski definition) is 5. The molecule has 8 nitrogen and oxygen atoms in total. The molecule has 0 spiro atoms. The number of nitrogens with one attached hydrogen (secondary N) is 2. The van der Waals surface area contributed by atoms with E-state index in [4.69, 9.17) is 31.5 Å². The van der Waals surface area contributed by atoms with E-state index in [9.17, 15) is 13.6 Å². The molecule has 0 aromatic heterocycles. The van der Waals surface area contributed by atoms with Gasteiger partial charge in [0, 0.05) is 28.9 Å². The first-order valence-electron chi connectivity index (χ1n) is 9.56. The van der Waals surface area contributed by atoms with Crippen LogP contribution in [0.1, 0.15) is 23.2 Å². The molecule has 0 saturated carbocycles. The Morgan fingerprint density at radius 1 is 1.03 bits per heavy atom. The molecule has 2 aromatic rings. The molecular weight excluding hydrogens is 463 g/mol. The van der Waals surface area contributed by atoms with Crippen LogP contribution in [0.5, 0.6) is 0 Å². The van der Waals surface area contributed by atoms with Gasteiger partial charge in [-0.05, 0) is 69.5 Å². The number of thiocarbonyl (C=S) groups is 1. The number of carbonyl (C=O) groups excluding carboxylic acids is 1. The lowest BCUT2D eigenvalue weighted by atomic mass is 9.89. The van der Waals surface area contributed by atoms with Crippen molar-refractivity contribution in [3.8, 4) is 0 Å². The fourth-order valence-corrected chi connectivity index (χ4v) is 3.36. The van der Waals surface area contributed by atoms with Gasteiger partial charge in [-0.2, -0.15) is 0 Å². The Bertz CT molecular complexity index is 1000. The van der Waals surface area contributed by atoms with E-state index in [0.29, 0.717) is 16.9 Å².